The molecule has 1 atom stereocenters. The molecular weight excluding hydrogens is 757 g/mol. The molecule has 4 heterocycles. The Hall–Kier alpha value is -6.13. The van der Waals surface area contributed by atoms with Crippen LogP contribution in [0.3, 0.4) is 0 Å². The fourth-order valence-corrected chi connectivity index (χ4v) is 7.45. The van der Waals surface area contributed by atoms with Crippen molar-refractivity contribution in [2.45, 2.75) is 50.7 Å². The van der Waals surface area contributed by atoms with Gasteiger partial charge in [0.05, 0.1) is 23.3 Å². The molecule has 3 aliphatic rings. The predicted octanol–water partition coefficient (Wildman–Crippen LogP) is 4.51. The van der Waals surface area contributed by atoms with E-state index in [1.54, 1.807) is 30.3 Å². The number of piperidine rings is 2. The van der Waals surface area contributed by atoms with Gasteiger partial charge in [-0.1, -0.05) is 23.7 Å². The lowest BCUT2D eigenvalue weighted by atomic mass is 10.0. The zero-order valence-electron chi connectivity index (χ0n) is 31.1. The van der Waals surface area contributed by atoms with E-state index in [1.807, 2.05) is 6.07 Å². The number of aromatic nitrogens is 2. The second-order valence-corrected chi connectivity index (χ2v) is 14.4. The molecule has 4 aromatic rings. The quantitative estimate of drug-likeness (QED) is 0.0947. The first-order valence-corrected chi connectivity index (χ1v) is 19.0. The second kappa shape index (κ2) is 17.3. The zero-order chi connectivity index (χ0) is 40.1. The number of methoxy groups -OCH3 is 1. The van der Waals surface area contributed by atoms with Gasteiger partial charge < -0.3 is 30.9 Å². The van der Waals surface area contributed by atoms with Gasteiger partial charge in [-0.3, -0.25) is 34.2 Å². The summed E-state index contributed by atoms with van der Waals surface area (Å²) >= 11 is 5.95. The van der Waals surface area contributed by atoms with Crippen LogP contribution in [0.2, 0.25) is 5.02 Å². The first kappa shape index (κ1) is 39.1. The van der Waals surface area contributed by atoms with Crippen LogP contribution in [0, 0.1) is 5.82 Å². The molecule has 2 fully saturated rings. The molecule has 1 unspecified atom stereocenters. The van der Waals surface area contributed by atoms with E-state index in [4.69, 9.17) is 16.3 Å². The minimum atomic E-state index is -0.693. The lowest BCUT2D eigenvalue weighted by molar-refractivity contribution is -0.137. The second-order valence-electron chi connectivity index (χ2n) is 14.0. The summed E-state index contributed by atoms with van der Waals surface area (Å²) in [5.41, 5.74) is 3.53. The summed E-state index contributed by atoms with van der Waals surface area (Å²) in [7, 11) is 1.50. The maximum Gasteiger partial charge on any atom is 0.255 e. The Balaban J connectivity index is 0.850. The summed E-state index contributed by atoms with van der Waals surface area (Å²) in [5.74, 6) is -1.15. The van der Waals surface area contributed by atoms with E-state index in [0.29, 0.717) is 58.9 Å². The molecular formula is C40H41ClFN9O6. The number of likely N-dealkylation sites (tertiary alicyclic amines) is 1. The normalized spacial score (nSPS) is 17.4. The van der Waals surface area contributed by atoms with Gasteiger partial charge in [0, 0.05) is 91.6 Å². The number of hydrogen-bond acceptors (Lipinski definition) is 11. The van der Waals surface area contributed by atoms with Crippen molar-refractivity contribution in [3.63, 3.8) is 0 Å². The summed E-state index contributed by atoms with van der Waals surface area (Å²) in [4.78, 5) is 75.3. The largest absolute Gasteiger partial charge is 0.494 e. The van der Waals surface area contributed by atoms with Gasteiger partial charge in [-0.05, 0) is 55.7 Å². The van der Waals surface area contributed by atoms with Crippen LogP contribution in [0.5, 0.6) is 5.75 Å². The van der Waals surface area contributed by atoms with Crippen LogP contribution in [0.15, 0.2) is 67.0 Å². The summed E-state index contributed by atoms with van der Waals surface area (Å²) in [6.45, 7) is 2.66. The fraction of sp³-hybridized carbons (Fsp3) is 0.325. The molecule has 5 amide bonds. The van der Waals surface area contributed by atoms with Gasteiger partial charge in [-0.25, -0.2) is 14.4 Å². The lowest BCUT2D eigenvalue weighted by Crippen LogP contribution is -2.52. The van der Waals surface area contributed by atoms with Gasteiger partial charge in [0.15, 0.2) is 0 Å². The third-order valence-corrected chi connectivity index (χ3v) is 10.5. The highest BCUT2D eigenvalue weighted by molar-refractivity contribution is 6.31. The molecule has 15 nitrogen and oxygen atoms in total. The Bertz CT molecular complexity index is 2260. The Labute approximate surface area is 332 Å². The Morgan fingerprint density at radius 1 is 1.05 bits per heavy atom. The van der Waals surface area contributed by atoms with Crippen molar-refractivity contribution in [3.05, 3.63) is 89.0 Å². The van der Waals surface area contributed by atoms with Crippen LogP contribution in [0.1, 0.15) is 48.0 Å². The minimum absolute atomic E-state index is 0.0328. The molecule has 17 heteroatoms. The third-order valence-electron chi connectivity index (χ3n) is 10.2. The molecule has 0 saturated carbocycles. The smallest absolute Gasteiger partial charge is 0.255 e. The van der Waals surface area contributed by atoms with E-state index in [9.17, 15) is 28.4 Å². The van der Waals surface area contributed by atoms with Crippen LogP contribution in [-0.4, -0.2) is 94.7 Å². The SMILES string of the molecule is COc1cc2ncnc(Nc3ccc(F)c(Cl)c3)c2cc1NC(=O)/C=C/CN1CCC(NC(=O)CCNc2cccc3c2CN(C2CCC(=O)NC2=O)C3=O)CC1. The molecule has 0 radical (unpaired) electrons. The van der Waals surface area contributed by atoms with Crippen molar-refractivity contribution in [1.82, 2.24) is 30.4 Å². The zero-order valence-corrected chi connectivity index (χ0v) is 31.8. The van der Waals surface area contributed by atoms with Gasteiger partial charge in [-0.15, -0.1) is 0 Å². The number of anilines is 4. The van der Waals surface area contributed by atoms with E-state index < -0.39 is 17.8 Å². The van der Waals surface area contributed by atoms with Crippen molar-refractivity contribution in [2.75, 3.05) is 49.2 Å². The van der Waals surface area contributed by atoms with Crippen LogP contribution < -0.4 is 31.3 Å². The molecule has 0 bridgehead atoms. The van der Waals surface area contributed by atoms with Gasteiger partial charge in [0.1, 0.15) is 29.8 Å². The number of carbonyl (C=O) groups is 5. The Kier molecular flexibility index (Phi) is 11.9. The highest BCUT2D eigenvalue weighted by atomic mass is 35.5. The number of halogens is 2. The van der Waals surface area contributed by atoms with E-state index in [0.717, 1.165) is 37.2 Å². The average molecular weight is 798 g/mol. The number of benzene rings is 3. The maximum atomic E-state index is 13.7. The molecule has 57 heavy (non-hydrogen) atoms. The molecule has 0 spiro atoms. The van der Waals surface area contributed by atoms with E-state index in [2.05, 4.69) is 41.5 Å². The Morgan fingerprint density at radius 3 is 2.65 bits per heavy atom. The number of nitrogens with zero attached hydrogens (tertiary/aromatic N) is 4. The molecule has 296 valence electrons. The van der Waals surface area contributed by atoms with Gasteiger partial charge in [-0.2, -0.15) is 0 Å². The number of ether oxygens (including phenoxy) is 1. The van der Waals surface area contributed by atoms with E-state index in [1.165, 1.54) is 42.6 Å². The van der Waals surface area contributed by atoms with Crippen molar-refractivity contribution in [2.24, 2.45) is 0 Å². The number of amides is 5. The number of fused-ring (bicyclic) bond motifs is 2. The maximum absolute atomic E-state index is 13.7. The Morgan fingerprint density at radius 2 is 1.88 bits per heavy atom. The monoisotopic (exact) mass is 797 g/mol. The molecule has 5 N–H and O–H groups in total. The predicted molar refractivity (Wildman–Crippen MR) is 212 cm³/mol. The highest BCUT2D eigenvalue weighted by Gasteiger charge is 2.39. The standard InChI is InChI=1S/C40H41ClFN9O6/c1-57-34-20-31-26(38(45-22-44-31)47-24-7-8-29(42)28(41)18-24)19-32(34)48-35(52)6-3-15-50-16-12-23(13-17-50)46-37(54)11-14-43-30-5-2-4-25-27(30)21-51(40(25)56)33-9-10-36(53)49-39(33)55/h2-8,18-20,22-23,33,43H,9-17,21H2,1H3,(H,46,54)(H,48,52)(H,44,45,47)(H,49,53,55)/b6-3+. The number of hydrogen-bond donors (Lipinski definition) is 5. The summed E-state index contributed by atoms with van der Waals surface area (Å²) in [6, 6.07) is 12.3. The number of rotatable bonds is 13. The van der Waals surface area contributed by atoms with Gasteiger partial charge >= 0.3 is 0 Å². The molecule has 0 aliphatic carbocycles. The van der Waals surface area contributed by atoms with Crippen molar-refractivity contribution < 1.29 is 33.1 Å². The number of imide groups is 1. The third kappa shape index (κ3) is 9.13. The molecule has 7 rings (SSSR count). The molecule has 2 saturated heterocycles. The average Bonchev–Trinajstić information content (AvgIpc) is 3.53. The van der Waals surface area contributed by atoms with Crippen LogP contribution in [-0.2, 0) is 25.7 Å². The van der Waals surface area contributed by atoms with Crippen LogP contribution in [0.25, 0.3) is 10.9 Å². The summed E-state index contributed by atoms with van der Waals surface area (Å²) in [6.07, 6.45) is 6.89. The lowest BCUT2D eigenvalue weighted by Gasteiger charge is -2.31. The first-order valence-electron chi connectivity index (χ1n) is 18.6. The minimum Gasteiger partial charge on any atom is -0.494 e. The van der Waals surface area contributed by atoms with E-state index >= 15 is 0 Å². The van der Waals surface area contributed by atoms with Crippen LogP contribution in [0.4, 0.5) is 27.3 Å². The van der Waals surface area contributed by atoms with Gasteiger partial charge in [0.2, 0.25) is 23.6 Å². The van der Waals surface area contributed by atoms with Crippen molar-refractivity contribution in [1.29, 1.82) is 0 Å². The number of nitrogens with one attached hydrogen (secondary N) is 5. The topological polar surface area (TPSA) is 187 Å². The summed E-state index contributed by atoms with van der Waals surface area (Å²) in [5, 5.41) is 15.3. The number of carbonyl (C=O) groups excluding carboxylic acids is 5. The first-order chi connectivity index (χ1) is 27.6. The van der Waals surface area contributed by atoms with Gasteiger partial charge in [0.25, 0.3) is 5.91 Å². The van der Waals surface area contributed by atoms with Crippen molar-refractivity contribution >= 4 is 74.9 Å². The fourth-order valence-electron chi connectivity index (χ4n) is 7.27. The van der Waals surface area contributed by atoms with E-state index in [-0.39, 0.29) is 54.1 Å². The summed E-state index contributed by atoms with van der Waals surface area (Å²) < 4.78 is 19.2. The van der Waals surface area contributed by atoms with Crippen LogP contribution >= 0.6 is 11.6 Å². The molecule has 3 aliphatic heterocycles. The van der Waals surface area contributed by atoms with Crippen molar-refractivity contribution in [3.8, 4) is 5.75 Å². The molecule has 1 aromatic heterocycles. The molecule has 3 aromatic carbocycles. The highest BCUT2D eigenvalue weighted by Crippen LogP contribution is 2.34.